The van der Waals surface area contributed by atoms with Crippen LogP contribution in [0.15, 0.2) is 35.1 Å². The average molecular weight is 408 g/mol. The van der Waals surface area contributed by atoms with Crippen molar-refractivity contribution in [1.29, 1.82) is 0 Å². The second-order valence-corrected chi connectivity index (χ2v) is 8.29. The third kappa shape index (κ3) is 4.30. The molecule has 0 unspecified atom stereocenters. The van der Waals surface area contributed by atoms with Crippen LogP contribution in [-0.4, -0.2) is 31.8 Å². The highest BCUT2D eigenvalue weighted by Crippen LogP contribution is 2.21. The molecule has 0 radical (unpaired) electrons. The molecule has 7 nitrogen and oxygen atoms in total. The van der Waals surface area contributed by atoms with Gasteiger partial charge in [0.05, 0.1) is 16.7 Å². The summed E-state index contributed by atoms with van der Waals surface area (Å²) in [5.41, 5.74) is 3.84. The van der Waals surface area contributed by atoms with Gasteiger partial charge in [-0.3, -0.25) is 9.59 Å². The van der Waals surface area contributed by atoms with Crippen LogP contribution in [0.1, 0.15) is 56.1 Å². The number of nitrogens with one attached hydrogen (secondary N) is 1. The fourth-order valence-electron chi connectivity index (χ4n) is 4.16. The van der Waals surface area contributed by atoms with Crippen molar-refractivity contribution in [3.8, 4) is 0 Å². The summed E-state index contributed by atoms with van der Waals surface area (Å²) in [5.74, 6) is 1.10. The Morgan fingerprint density at radius 1 is 1.17 bits per heavy atom. The lowest BCUT2D eigenvalue weighted by Gasteiger charge is -2.13. The highest BCUT2D eigenvalue weighted by molar-refractivity contribution is 5.76. The monoisotopic (exact) mass is 407 g/mol. The zero-order valence-corrected chi connectivity index (χ0v) is 17.7. The summed E-state index contributed by atoms with van der Waals surface area (Å²) in [4.78, 5) is 29.6. The number of aromatic nitrogens is 4. The van der Waals surface area contributed by atoms with Gasteiger partial charge in [0.2, 0.25) is 5.91 Å². The molecule has 2 heterocycles. The average Bonchev–Trinajstić information content (AvgIpc) is 2.94. The Balaban J connectivity index is 1.42. The number of imidazole rings is 1. The van der Waals surface area contributed by atoms with Crippen molar-refractivity contribution < 1.29 is 4.79 Å². The Morgan fingerprint density at radius 3 is 2.80 bits per heavy atom. The summed E-state index contributed by atoms with van der Waals surface area (Å²) in [6.45, 7) is 5.29. The number of amides is 1. The van der Waals surface area contributed by atoms with Gasteiger partial charge in [0.25, 0.3) is 5.56 Å². The Morgan fingerprint density at radius 2 is 1.97 bits per heavy atom. The Bertz CT molecular complexity index is 1110. The molecular formula is C23H29N5O2. The quantitative estimate of drug-likeness (QED) is 0.637. The molecular weight excluding hydrogens is 378 g/mol. The lowest BCUT2D eigenvalue weighted by atomic mass is 10.1. The topological polar surface area (TPSA) is 81.8 Å². The zero-order chi connectivity index (χ0) is 21.1. The van der Waals surface area contributed by atoms with Gasteiger partial charge >= 0.3 is 0 Å². The maximum atomic E-state index is 12.5. The molecule has 30 heavy (non-hydrogen) atoms. The molecule has 1 aliphatic rings. The lowest BCUT2D eigenvalue weighted by molar-refractivity contribution is -0.121. The highest BCUT2D eigenvalue weighted by Gasteiger charge is 2.15. The number of carbonyl (C=O) groups excluding carboxylic acids is 1. The van der Waals surface area contributed by atoms with Crippen molar-refractivity contribution in [2.75, 3.05) is 6.54 Å². The van der Waals surface area contributed by atoms with Crippen molar-refractivity contribution in [2.45, 2.75) is 65.0 Å². The number of carbonyl (C=O) groups is 1. The summed E-state index contributed by atoms with van der Waals surface area (Å²) in [5, 5.41) is 7.41. The molecule has 158 valence electrons. The van der Waals surface area contributed by atoms with Crippen LogP contribution in [0.3, 0.4) is 0 Å². The third-order valence-electron chi connectivity index (χ3n) is 5.68. The second-order valence-electron chi connectivity index (χ2n) is 8.29. The zero-order valence-electron chi connectivity index (χ0n) is 17.7. The highest BCUT2D eigenvalue weighted by atomic mass is 16.2. The van der Waals surface area contributed by atoms with Crippen molar-refractivity contribution >= 4 is 16.9 Å². The van der Waals surface area contributed by atoms with E-state index >= 15 is 0 Å². The molecule has 0 atom stereocenters. The molecule has 1 aromatic carbocycles. The number of hydrogen-bond donors (Lipinski definition) is 1. The lowest BCUT2D eigenvalue weighted by Crippen LogP contribution is -2.35. The van der Waals surface area contributed by atoms with Gasteiger partial charge in [-0.2, -0.15) is 5.10 Å². The van der Waals surface area contributed by atoms with Crippen LogP contribution in [0.4, 0.5) is 0 Å². The van der Waals surface area contributed by atoms with Gasteiger partial charge in [-0.25, -0.2) is 9.67 Å². The normalized spacial score (nSPS) is 14.0. The fraction of sp³-hybridized carbons (Fsp3) is 0.478. The molecule has 0 spiro atoms. The summed E-state index contributed by atoms with van der Waals surface area (Å²) in [6.07, 6.45) is 5.12. The molecule has 0 saturated carbocycles. The van der Waals surface area contributed by atoms with E-state index in [1.807, 2.05) is 18.2 Å². The summed E-state index contributed by atoms with van der Waals surface area (Å²) >= 11 is 0. The predicted molar refractivity (Wildman–Crippen MR) is 117 cm³/mol. The van der Waals surface area contributed by atoms with E-state index in [0.717, 1.165) is 60.2 Å². The SMILES string of the molecule is CC(C)c1nc2ccccc2n1CCNC(=O)Cn1nc2c(cc1=O)CCCCC2. The Labute approximate surface area is 176 Å². The van der Waals surface area contributed by atoms with Gasteiger partial charge in [0, 0.05) is 25.1 Å². The van der Waals surface area contributed by atoms with E-state index < -0.39 is 0 Å². The van der Waals surface area contributed by atoms with Crippen LogP contribution in [0, 0.1) is 0 Å². The number of hydrogen-bond acceptors (Lipinski definition) is 4. The van der Waals surface area contributed by atoms with E-state index in [-0.39, 0.29) is 23.9 Å². The molecule has 0 bridgehead atoms. The predicted octanol–water partition coefficient (Wildman–Crippen LogP) is 2.80. The van der Waals surface area contributed by atoms with Gasteiger partial charge in [0.1, 0.15) is 12.4 Å². The Hall–Kier alpha value is -2.96. The number of benzene rings is 1. The molecule has 1 amide bonds. The van der Waals surface area contributed by atoms with Crippen LogP contribution in [0.5, 0.6) is 0 Å². The number of nitrogens with zero attached hydrogens (tertiary/aromatic N) is 4. The van der Waals surface area contributed by atoms with E-state index in [0.29, 0.717) is 13.1 Å². The minimum absolute atomic E-state index is 0.0478. The van der Waals surface area contributed by atoms with Crippen molar-refractivity contribution in [1.82, 2.24) is 24.6 Å². The first-order valence-electron chi connectivity index (χ1n) is 10.8. The molecule has 0 saturated heterocycles. The molecule has 1 aliphatic carbocycles. The van der Waals surface area contributed by atoms with Crippen LogP contribution >= 0.6 is 0 Å². The number of rotatable bonds is 6. The number of aryl methyl sites for hydroxylation is 2. The largest absolute Gasteiger partial charge is 0.353 e. The molecule has 0 aliphatic heterocycles. The minimum Gasteiger partial charge on any atom is -0.353 e. The molecule has 1 N–H and O–H groups in total. The van der Waals surface area contributed by atoms with Crippen LogP contribution in [-0.2, 0) is 30.7 Å². The maximum Gasteiger partial charge on any atom is 0.267 e. The molecule has 3 aromatic rings. The van der Waals surface area contributed by atoms with Gasteiger partial charge in [0.15, 0.2) is 0 Å². The summed E-state index contributed by atoms with van der Waals surface area (Å²) in [6, 6.07) is 9.70. The van der Waals surface area contributed by atoms with Crippen molar-refractivity contribution in [2.24, 2.45) is 0 Å². The number of fused-ring (bicyclic) bond motifs is 2. The maximum absolute atomic E-state index is 12.5. The van der Waals surface area contributed by atoms with Crippen LogP contribution in [0.2, 0.25) is 0 Å². The van der Waals surface area contributed by atoms with Crippen molar-refractivity contribution in [3.63, 3.8) is 0 Å². The van der Waals surface area contributed by atoms with E-state index in [9.17, 15) is 9.59 Å². The van der Waals surface area contributed by atoms with E-state index in [1.54, 1.807) is 6.07 Å². The first-order valence-corrected chi connectivity index (χ1v) is 10.8. The number of para-hydroxylation sites is 2. The molecule has 4 rings (SSSR count). The van der Waals surface area contributed by atoms with E-state index in [2.05, 4.69) is 34.9 Å². The minimum atomic E-state index is -0.200. The summed E-state index contributed by atoms with van der Waals surface area (Å²) < 4.78 is 3.46. The molecule has 7 heteroatoms. The smallest absolute Gasteiger partial charge is 0.267 e. The third-order valence-corrected chi connectivity index (χ3v) is 5.68. The summed E-state index contributed by atoms with van der Waals surface area (Å²) in [7, 11) is 0. The second kappa shape index (κ2) is 8.81. The van der Waals surface area contributed by atoms with Crippen molar-refractivity contribution in [3.05, 3.63) is 57.8 Å². The standard InChI is InChI=1S/C23H29N5O2/c1-16(2)23-25-19-10-6-7-11-20(19)27(23)13-12-24-21(29)15-28-22(30)14-17-8-4-3-5-9-18(17)26-28/h6-7,10-11,14,16H,3-5,8-9,12-13,15H2,1-2H3,(H,24,29). The van der Waals surface area contributed by atoms with Gasteiger partial charge in [-0.05, 0) is 43.4 Å². The molecule has 2 aromatic heterocycles. The van der Waals surface area contributed by atoms with E-state index in [1.165, 1.54) is 4.68 Å². The van der Waals surface area contributed by atoms with Gasteiger partial charge in [-0.15, -0.1) is 0 Å². The Kier molecular flexibility index (Phi) is 5.97. The van der Waals surface area contributed by atoms with E-state index in [4.69, 9.17) is 4.98 Å². The first-order chi connectivity index (χ1) is 14.5. The fourth-order valence-corrected chi connectivity index (χ4v) is 4.16. The first kappa shape index (κ1) is 20.3. The van der Waals surface area contributed by atoms with Gasteiger partial charge in [-0.1, -0.05) is 32.4 Å². The van der Waals surface area contributed by atoms with Crippen LogP contribution in [0.25, 0.3) is 11.0 Å². The van der Waals surface area contributed by atoms with Gasteiger partial charge < -0.3 is 9.88 Å². The van der Waals surface area contributed by atoms with Crippen LogP contribution < -0.4 is 10.9 Å². The molecule has 0 fully saturated rings.